The van der Waals surface area contributed by atoms with E-state index >= 15 is 0 Å². The monoisotopic (exact) mass is 121 g/mol. The van der Waals surface area contributed by atoms with Gasteiger partial charge in [0.25, 0.3) is 0 Å². The Labute approximate surface area is 52.3 Å². The highest BCUT2D eigenvalue weighted by molar-refractivity contribution is 5.26. The molecule has 0 spiro atoms. The van der Waals surface area contributed by atoms with E-state index in [0.29, 0.717) is 0 Å². The van der Waals surface area contributed by atoms with Gasteiger partial charge in [-0.15, -0.1) is 0 Å². The van der Waals surface area contributed by atoms with Gasteiger partial charge >= 0.3 is 0 Å². The van der Waals surface area contributed by atoms with E-state index in [1.54, 1.807) is 12.5 Å². The van der Waals surface area contributed by atoms with E-state index in [0.717, 1.165) is 17.9 Å². The molecule has 0 amide bonds. The summed E-state index contributed by atoms with van der Waals surface area (Å²) in [6.07, 6.45) is 7.00. The molecule has 3 heteroatoms. The van der Waals surface area contributed by atoms with Crippen molar-refractivity contribution in [3.63, 3.8) is 0 Å². The third kappa shape index (κ3) is 0.614. The van der Waals surface area contributed by atoms with Crippen molar-refractivity contribution in [2.24, 2.45) is 0 Å². The van der Waals surface area contributed by atoms with Crippen molar-refractivity contribution >= 4 is 0 Å². The second-order valence-corrected chi connectivity index (χ2v) is 1.84. The van der Waals surface area contributed by atoms with Crippen molar-refractivity contribution in [2.45, 2.75) is 6.42 Å². The molecule has 0 aliphatic carbocycles. The van der Waals surface area contributed by atoms with Crippen LogP contribution in [0.4, 0.5) is 0 Å². The number of aromatic nitrogens is 2. The quantitative estimate of drug-likeness (QED) is 0.547. The van der Waals surface area contributed by atoms with Crippen LogP contribution >= 0.6 is 0 Å². The normalized spacial score (nSPS) is 14.7. The second kappa shape index (κ2) is 1.62. The Morgan fingerprint density at radius 1 is 1.78 bits per heavy atom. The van der Waals surface area contributed by atoms with Crippen molar-refractivity contribution in [1.29, 1.82) is 0 Å². The van der Waals surface area contributed by atoms with Crippen molar-refractivity contribution < 1.29 is 4.74 Å². The van der Waals surface area contributed by atoms with E-state index in [9.17, 15) is 0 Å². The molecule has 0 unspecified atom stereocenters. The number of ether oxygens (including phenoxy) is 1. The molecule has 0 aromatic carbocycles. The summed E-state index contributed by atoms with van der Waals surface area (Å²) in [6.45, 7) is 0. The molecule has 0 bridgehead atoms. The van der Waals surface area contributed by atoms with Crippen LogP contribution in [0, 0.1) is 6.08 Å². The number of hydrogen-bond donors (Lipinski definition) is 1. The first-order valence-electron chi connectivity index (χ1n) is 2.71. The van der Waals surface area contributed by atoms with Crippen LogP contribution in [0.1, 0.15) is 5.56 Å². The van der Waals surface area contributed by atoms with Crippen LogP contribution in [0.2, 0.25) is 0 Å². The van der Waals surface area contributed by atoms with Crippen LogP contribution < -0.4 is 4.74 Å². The summed E-state index contributed by atoms with van der Waals surface area (Å²) in [5, 5.41) is 6.51. The lowest BCUT2D eigenvalue weighted by atomic mass is 10.2. The van der Waals surface area contributed by atoms with E-state index in [-0.39, 0.29) is 0 Å². The summed E-state index contributed by atoms with van der Waals surface area (Å²) in [5.41, 5.74) is 1.07. The molecule has 1 aromatic heterocycles. The Balaban J connectivity index is 2.46. The Bertz CT molecular complexity index is 216. The van der Waals surface area contributed by atoms with Crippen LogP contribution in [-0.4, -0.2) is 10.2 Å². The summed E-state index contributed by atoms with van der Waals surface area (Å²) in [6, 6.07) is 0. The highest BCUT2D eigenvalue weighted by atomic mass is 16.5. The molecule has 1 aliphatic rings. The Hall–Kier alpha value is -1.25. The molecule has 9 heavy (non-hydrogen) atoms. The predicted molar refractivity (Wildman–Crippen MR) is 30.7 cm³/mol. The first-order valence-corrected chi connectivity index (χ1v) is 2.71. The largest absolute Gasteiger partial charge is 0.447 e. The zero-order chi connectivity index (χ0) is 6.10. The molecule has 2 heterocycles. The fourth-order valence-electron chi connectivity index (χ4n) is 0.779. The smallest absolute Gasteiger partial charge is 0.217 e. The van der Waals surface area contributed by atoms with E-state index in [2.05, 4.69) is 16.3 Å². The first kappa shape index (κ1) is 4.61. The van der Waals surface area contributed by atoms with Gasteiger partial charge in [0.2, 0.25) is 5.88 Å². The lowest BCUT2D eigenvalue weighted by Gasteiger charge is -2.02. The van der Waals surface area contributed by atoms with Crippen LogP contribution in [0.15, 0.2) is 12.5 Å². The number of rotatable bonds is 0. The Kier molecular flexibility index (Phi) is 0.828. The molecule has 3 nitrogen and oxygen atoms in total. The van der Waals surface area contributed by atoms with Gasteiger partial charge in [-0.3, -0.25) is 0 Å². The predicted octanol–water partition coefficient (Wildman–Crippen LogP) is 0.661. The molecule has 45 valence electrons. The Morgan fingerprint density at radius 3 is 3.67 bits per heavy atom. The van der Waals surface area contributed by atoms with Crippen molar-refractivity contribution in [3.05, 3.63) is 24.1 Å². The molecule has 0 saturated heterocycles. The van der Waals surface area contributed by atoms with Gasteiger partial charge in [-0.05, 0) is 6.08 Å². The summed E-state index contributed by atoms with van der Waals surface area (Å²) in [4.78, 5) is 0. The third-order valence-corrected chi connectivity index (χ3v) is 1.23. The molecule has 1 N–H and O–H groups in total. The van der Waals surface area contributed by atoms with Gasteiger partial charge in [0.1, 0.15) is 0 Å². The van der Waals surface area contributed by atoms with Gasteiger partial charge in [0, 0.05) is 12.0 Å². The van der Waals surface area contributed by atoms with E-state index in [1.165, 1.54) is 0 Å². The van der Waals surface area contributed by atoms with Gasteiger partial charge in [-0.2, -0.15) is 5.10 Å². The first-order chi connectivity index (χ1) is 4.47. The number of allylic oxidation sites excluding steroid dienone is 1. The highest BCUT2D eigenvalue weighted by Crippen LogP contribution is 2.17. The summed E-state index contributed by atoms with van der Waals surface area (Å²) < 4.78 is 5.01. The standard InChI is InChI=1S/C6H5N2O/c1-2-5-4-7-8-6(5)9-3-1/h3-4H,2H2,(H,7,8). The molecule has 0 saturated carbocycles. The van der Waals surface area contributed by atoms with Gasteiger partial charge in [-0.25, -0.2) is 5.10 Å². The molecule has 1 radical (unpaired) electrons. The van der Waals surface area contributed by atoms with Crippen molar-refractivity contribution in [2.75, 3.05) is 0 Å². The van der Waals surface area contributed by atoms with Gasteiger partial charge in [-0.1, -0.05) is 0 Å². The fourth-order valence-corrected chi connectivity index (χ4v) is 0.779. The SMILES string of the molecule is [C]1=COc2[nH]ncc2C1. The Morgan fingerprint density at radius 2 is 2.78 bits per heavy atom. The number of H-pyrrole nitrogens is 1. The molecular formula is C6H5N2O. The van der Waals surface area contributed by atoms with Crippen LogP contribution in [-0.2, 0) is 6.42 Å². The maximum atomic E-state index is 5.01. The number of hydrogen-bond acceptors (Lipinski definition) is 2. The minimum absolute atomic E-state index is 0.744. The van der Waals surface area contributed by atoms with Gasteiger partial charge in [0.05, 0.1) is 12.5 Å². The van der Waals surface area contributed by atoms with Gasteiger partial charge < -0.3 is 4.74 Å². The third-order valence-electron chi connectivity index (χ3n) is 1.23. The molecule has 0 atom stereocenters. The van der Waals surface area contributed by atoms with E-state index in [4.69, 9.17) is 4.74 Å². The van der Waals surface area contributed by atoms with E-state index in [1.807, 2.05) is 0 Å². The zero-order valence-corrected chi connectivity index (χ0v) is 4.72. The molecule has 1 aliphatic heterocycles. The van der Waals surface area contributed by atoms with Crippen molar-refractivity contribution in [3.8, 4) is 5.88 Å². The van der Waals surface area contributed by atoms with E-state index < -0.39 is 0 Å². The van der Waals surface area contributed by atoms with Gasteiger partial charge in [0.15, 0.2) is 0 Å². The zero-order valence-electron chi connectivity index (χ0n) is 4.72. The van der Waals surface area contributed by atoms with Crippen LogP contribution in [0.3, 0.4) is 0 Å². The average Bonchev–Trinajstić information content (AvgIpc) is 2.33. The topological polar surface area (TPSA) is 37.9 Å². The summed E-state index contributed by atoms with van der Waals surface area (Å²) >= 11 is 0. The van der Waals surface area contributed by atoms with Crippen LogP contribution in [0.25, 0.3) is 0 Å². The number of aromatic amines is 1. The highest BCUT2D eigenvalue weighted by Gasteiger charge is 2.06. The van der Waals surface area contributed by atoms with Crippen LogP contribution in [0.5, 0.6) is 5.88 Å². The summed E-state index contributed by atoms with van der Waals surface area (Å²) in [7, 11) is 0. The number of nitrogens with zero attached hydrogens (tertiary/aromatic N) is 1. The maximum Gasteiger partial charge on any atom is 0.217 e. The minimum Gasteiger partial charge on any atom is -0.447 e. The summed E-state index contributed by atoms with van der Waals surface area (Å²) in [5.74, 6) is 0.744. The fraction of sp³-hybridized carbons (Fsp3) is 0.167. The molecule has 0 fully saturated rings. The number of fused-ring (bicyclic) bond motifs is 1. The average molecular weight is 121 g/mol. The molecule has 2 rings (SSSR count). The lowest BCUT2D eigenvalue weighted by Crippen LogP contribution is -1.93. The molecule has 1 aromatic rings. The molecular weight excluding hydrogens is 116 g/mol. The lowest BCUT2D eigenvalue weighted by molar-refractivity contribution is 0.442. The van der Waals surface area contributed by atoms with Crippen molar-refractivity contribution in [1.82, 2.24) is 10.2 Å². The number of nitrogens with one attached hydrogen (secondary N) is 1. The second-order valence-electron chi connectivity index (χ2n) is 1.84. The maximum absolute atomic E-state index is 5.01. The minimum atomic E-state index is 0.744.